The highest BCUT2D eigenvalue weighted by molar-refractivity contribution is 5.69. The van der Waals surface area contributed by atoms with E-state index in [0.717, 1.165) is 6.54 Å². The molecule has 0 radical (unpaired) electrons. The van der Waals surface area contributed by atoms with Crippen molar-refractivity contribution in [3.05, 3.63) is 24.4 Å². The Morgan fingerprint density at radius 3 is 2.81 bits per heavy atom. The lowest BCUT2D eigenvalue weighted by molar-refractivity contribution is -0.143. The third-order valence-corrected chi connectivity index (χ3v) is 2.48. The van der Waals surface area contributed by atoms with Gasteiger partial charge in [-0.2, -0.15) is 0 Å². The van der Waals surface area contributed by atoms with E-state index in [2.05, 4.69) is 23.2 Å². The number of hydrogen-bond donors (Lipinski definition) is 1. The molecular weight excluding hydrogens is 204 g/mol. The molecular formula is C12H20N2O2. The van der Waals surface area contributed by atoms with Gasteiger partial charge in [0.05, 0.1) is 19.2 Å². The van der Waals surface area contributed by atoms with Crippen LogP contribution in [0.5, 0.6) is 0 Å². The Morgan fingerprint density at radius 1 is 1.44 bits per heavy atom. The van der Waals surface area contributed by atoms with Gasteiger partial charge in [0.1, 0.15) is 0 Å². The lowest BCUT2D eigenvalue weighted by atomic mass is 10.2. The van der Waals surface area contributed by atoms with Gasteiger partial charge in [0.2, 0.25) is 0 Å². The molecule has 4 nitrogen and oxygen atoms in total. The maximum Gasteiger partial charge on any atom is 0.307 e. The normalized spacial score (nSPS) is 18.6. The summed E-state index contributed by atoms with van der Waals surface area (Å²) in [7, 11) is 0. The second-order valence-electron chi connectivity index (χ2n) is 3.54. The molecule has 0 aromatic heterocycles. The molecule has 90 valence electrons. The summed E-state index contributed by atoms with van der Waals surface area (Å²) in [4.78, 5) is 13.4. The SMILES string of the molecule is CCOC(=O)CCN(CC)C1C=CC=CN1. The first-order valence-electron chi connectivity index (χ1n) is 5.77. The monoisotopic (exact) mass is 224 g/mol. The molecule has 0 aliphatic carbocycles. The number of nitrogens with one attached hydrogen (secondary N) is 1. The minimum atomic E-state index is -0.128. The number of likely N-dealkylation sites (N-methyl/N-ethyl adjacent to an activating group) is 1. The number of rotatable bonds is 6. The van der Waals surface area contributed by atoms with Crippen LogP contribution in [0.1, 0.15) is 20.3 Å². The molecule has 0 spiro atoms. The predicted octanol–water partition coefficient (Wildman–Crippen LogP) is 1.26. The maximum absolute atomic E-state index is 11.2. The van der Waals surface area contributed by atoms with Crippen molar-refractivity contribution in [1.29, 1.82) is 0 Å². The predicted molar refractivity (Wildman–Crippen MR) is 63.7 cm³/mol. The van der Waals surface area contributed by atoms with Gasteiger partial charge in [0, 0.05) is 6.54 Å². The van der Waals surface area contributed by atoms with Crippen LogP contribution >= 0.6 is 0 Å². The zero-order chi connectivity index (χ0) is 11.8. The van der Waals surface area contributed by atoms with Crippen molar-refractivity contribution in [2.45, 2.75) is 26.4 Å². The Hall–Kier alpha value is -1.29. The molecule has 0 fully saturated rings. The number of dihydropyridines is 1. The topological polar surface area (TPSA) is 41.6 Å². The number of hydrogen-bond acceptors (Lipinski definition) is 4. The van der Waals surface area contributed by atoms with E-state index in [-0.39, 0.29) is 12.1 Å². The van der Waals surface area contributed by atoms with Crippen LogP contribution < -0.4 is 5.32 Å². The fraction of sp³-hybridized carbons (Fsp3) is 0.583. The van der Waals surface area contributed by atoms with Gasteiger partial charge in [-0.1, -0.05) is 13.0 Å². The summed E-state index contributed by atoms with van der Waals surface area (Å²) in [6, 6.07) is 0. The molecule has 1 rings (SSSR count). The van der Waals surface area contributed by atoms with Crippen LogP contribution in [0.25, 0.3) is 0 Å². The first kappa shape index (κ1) is 12.8. The molecule has 4 heteroatoms. The quantitative estimate of drug-likeness (QED) is 0.690. The van der Waals surface area contributed by atoms with Gasteiger partial charge in [-0.05, 0) is 31.8 Å². The summed E-state index contributed by atoms with van der Waals surface area (Å²) in [5, 5.41) is 3.23. The fourth-order valence-corrected chi connectivity index (χ4v) is 1.62. The van der Waals surface area contributed by atoms with Gasteiger partial charge in [0.25, 0.3) is 0 Å². The van der Waals surface area contributed by atoms with E-state index in [4.69, 9.17) is 4.74 Å². The van der Waals surface area contributed by atoms with E-state index in [1.807, 2.05) is 25.3 Å². The molecule has 0 aromatic carbocycles. The van der Waals surface area contributed by atoms with Gasteiger partial charge in [-0.15, -0.1) is 0 Å². The van der Waals surface area contributed by atoms with Crippen molar-refractivity contribution < 1.29 is 9.53 Å². The van der Waals surface area contributed by atoms with Crippen LogP contribution in [0.15, 0.2) is 24.4 Å². The van der Waals surface area contributed by atoms with Gasteiger partial charge in [-0.25, -0.2) is 0 Å². The summed E-state index contributed by atoms with van der Waals surface area (Å²) in [5.41, 5.74) is 0. The zero-order valence-electron chi connectivity index (χ0n) is 9.98. The molecule has 1 aliphatic rings. The first-order valence-corrected chi connectivity index (χ1v) is 5.77. The molecule has 1 heterocycles. The number of ether oxygens (including phenoxy) is 1. The van der Waals surface area contributed by atoms with E-state index >= 15 is 0 Å². The number of esters is 1. The average molecular weight is 224 g/mol. The van der Waals surface area contributed by atoms with E-state index < -0.39 is 0 Å². The highest BCUT2D eigenvalue weighted by Crippen LogP contribution is 2.04. The fourth-order valence-electron chi connectivity index (χ4n) is 1.62. The highest BCUT2D eigenvalue weighted by atomic mass is 16.5. The number of nitrogens with zero attached hydrogens (tertiary/aromatic N) is 1. The van der Waals surface area contributed by atoms with Crippen molar-refractivity contribution in [2.24, 2.45) is 0 Å². The Balaban J connectivity index is 2.34. The first-order chi connectivity index (χ1) is 7.77. The molecule has 0 bridgehead atoms. The molecule has 0 saturated carbocycles. The minimum Gasteiger partial charge on any atom is -0.466 e. The van der Waals surface area contributed by atoms with Crippen LogP contribution in [0.4, 0.5) is 0 Å². The maximum atomic E-state index is 11.2. The molecule has 1 N–H and O–H groups in total. The average Bonchev–Trinajstić information content (AvgIpc) is 2.31. The van der Waals surface area contributed by atoms with Crippen LogP contribution in [-0.2, 0) is 9.53 Å². The summed E-state index contributed by atoms with van der Waals surface area (Å²) in [5.74, 6) is -0.128. The summed E-state index contributed by atoms with van der Waals surface area (Å²) < 4.78 is 4.91. The number of allylic oxidation sites excluding steroid dienone is 2. The van der Waals surface area contributed by atoms with Crippen molar-refractivity contribution in [1.82, 2.24) is 10.2 Å². The van der Waals surface area contributed by atoms with E-state index in [9.17, 15) is 4.79 Å². The third-order valence-electron chi connectivity index (χ3n) is 2.48. The van der Waals surface area contributed by atoms with Crippen molar-refractivity contribution >= 4 is 5.97 Å². The van der Waals surface area contributed by atoms with E-state index in [0.29, 0.717) is 19.6 Å². The Labute approximate surface area is 97.0 Å². The summed E-state index contributed by atoms with van der Waals surface area (Å²) in [6.45, 7) is 5.97. The second-order valence-corrected chi connectivity index (χ2v) is 3.54. The molecule has 16 heavy (non-hydrogen) atoms. The number of carbonyl (C=O) groups is 1. The van der Waals surface area contributed by atoms with Crippen molar-refractivity contribution in [2.75, 3.05) is 19.7 Å². The molecule has 0 saturated heterocycles. The molecule has 1 unspecified atom stereocenters. The van der Waals surface area contributed by atoms with Crippen molar-refractivity contribution in [3.63, 3.8) is 0 Å². The largest absolute Gasteiger partial charge is 0.466 e. The van der Waals surface area contributed by atoms with Crippen molar-refractivity contribution in [3.8, 4) is 0 Å². The summed E-state index contributed by atoms with van der Waals surface area (Å²) in [6.07, 6.45) is 8.58. The minimum absolute atomic E-state index is 0.128. The Kier molecular flexibility index (Phi) is 5.64. The van der Waals surface area contributed by atoms with Crippen LogP contribution in [0.3, 0.4) is 0 Å². The highest BCUT2D eigenvalue weighted by Gasteiger charge is 2.15. The van der Waals surface area contributed by atoms with Gasteiger partial charge in [0.15, 0.2) is 0 Å². The Morgan fingerprint density at radius 2 is 2.25 bits per heavy atom. The number of carbonyl (C=O) groups excluding carboxylic acids is 1. The summed E-state index contributed by atoms with van der Waals surface area (Å²) >= 11 is 0. The smallest absolute Gasteiger partial charge is 0.307 e. The van der Waals surface area contributed by atoms with E-state index in [1.165, 1.54) is 0 Å². The standard InChI is InChI=1S/C12H20N2O2/c1-3-14(10-8-12(15)16-4-2)11-7-5-6-9-13-11/h5-7,9,11,13H,3-4,8,10H2,1-2H3. The van der Waals surface area contributed by atoms with Crippen LogP contribution in [0, 0.1) is 0 Å². The van der Waals surface area contributed by atoms with Crippen LogP contribution in [-0.4, -0.2) is 36.7 Å². The molecule has 0 aromatic rings. The lowest BCUT2D eigenvalue weighted by Gasteiger charge is -2.29. The van der Waals surface area contributed by atoms with E-state index in [1.54, 1.807) is 0 Å². The Bertz CT molecular complexity index is 274. The van der Waals surface area contributed by atoms with Gasteiger partial charge >= 0.3 is 5.97 Å². The third kappa shape index (κ3) is 4.06. The van der Waals surface area contributed by atoms with Gasteiger partial charge in [-0.3, -0.25) is 9.69 Å². The van der Waals surface area contributed by atoms with Crippen LogP contribution in [0.2, 0.25) is 0 Å². The van der Waals surface area contributed by atoms with Gasteiger partial charge < -0.3 is 10.1 Å². The lowest BCUT2D eigenvalue weighted by Crippen LogP contribution is -2.43. The molecule has 1 atom stereocenters. The molecule has 0 amide bonds. The zero-order valence-corrected chi connectivity index (χ0v) is 9.98. The molecule has 1 aliphatic heterocycles. The second kappa shape index (κ2) is 7.06.